The summed E-state index contributed by atoms with van der Waals surface area (Å²) >= 11 is 5.89. The zero-order valence-corrected chi connectivity index (χ0v) is 13.4. The van der Waals surface area contributed by atoms with E-state index < -0.39 is 27.3 Å². The SMILES string of the molecule is CC(C)(CS(C)(=O)=O)NC(=O)c1c(Cl)cccc1C(=O)O. The Morgan fingerprint density at radius 3 is 2.38 bits per heavy atom. The average molecular weight is 334 g/mol. The molecule has 0 radical (unpaired) electrons. The zero-order chi connectivity index (χ0) is 16.4. The van der Waals surface area contributed by atoms with E-state index in [2.05, 4.69) is 5.32 Å². The number of sulfone groups is 1. The van der Waals surface area contributed by atoms with Gasteiger partial charge in [-0.3, -0.25) is 4.79 Å². The third-order valence-electron chi connectivity index (χ3n) is 2.55. The van der Waals surface area contributed by atoms with Crippen molar-refractivity contribution in [2.75, 3.05) is 12.0 Å². The molecule has 0 unspecified atom stereocenters. The first-order chi connectivity index (χ1) is 9.43. The van der Waals surface area contributed by atoms with Crippen molar-refractivity contribution in [2.24, 2.45) is 0 Å². The second kappa shape index (κ2) is 6.03. The Labute approximate surface area is 128 Å². The summed E-state index contributed by atoms with van der Waals surface area (Å²) < 4.78 is 22.7. The van der Waals surface area contributed by atoms with Crippen LogP contribution in [0.25, 0.3) is 0 Å². The average Bonchev–Trinajstić information content (AvgIpc) is 2.23. The fourth-order valence-electron chi connectivity index (χ4n) is 1.99. The lowest BCUT2D eigenvalue weighted by molar-refractivity contribution is 0.0689. The number of aromatic carboxylic acids is 1. The Hall–Kier alpha value is -1.60. The number of amides is 1. The van der Waals surface area contributed by atoms with Gasteiger partial charge >= 0.3 is 5.97 Å². The van der Waals surface area contributed by atoms with E-state index in [1.807, 2.05) is 0 Å². The summed E-state index contributed by atoms with van der Waals surface area (Å²) in [4.78, 5) is 23.4. The fraction of sp³-hybridized carbons (Fsp3) is 0.385. The number of halogens is 1. The van der Waals surface area contributed by atoms with Crippen molar-refractivity contribution in [3.8, 4) is 0 Å². The van der Waals surface area contributed by atoms with Crippen LogP contribution in [0.2, 0.25) is 5.02 Å². The van der Waals surface area contributed by atoms with E-state index in [4.69, 9.17) is 16.7 Å². The predicted molar refractivity (Wildman–Crippen MR) is 79.7 cm³/mol. The largest absolute Gasteiger partial charge is 0.478 e. The molecule has 0 spiro atoms. The maximum Gasteiger partial charge on any atom is 0.336 e. The second-order valence-corrected chi connectivity index (χ2v) is 7.92. The van der Waals surface area contributed by atoms with Crippen LogP contribution in [-0.4, -0.2) is 42.9 Å². The number of carbonyl (C=O) groups excluding carboxylic acids is 1. The molecule has 1 rings (SSSR count). The van der Waals surface area contributed by atoms with E-state index in [0.29, 0.717) is 0 Å². The topological polar surface area (TPSA) is 101 Å². The van der Waals surface area contributed by atoms with E-state index >= 15 is 0 Å². The van der Waals surface area contributed by atoms with Gasteiger partial charge in [-0.25, -0.2) is 13.2 Å². The van der Waals surface area contributed by atoms with Gasteiger partial charge < -0.3 is 10.4 Å². The molecule has 2 N–H and O–H groups in total. The van der Waals surface area contributed by atoms with Crippen molar-refractivity contribution < 1.29 is 23.1 Å². The molecular weight excluding hydrogens is 318 g/mol. The fourth-order valence-corrected chi connectivity index (χ4v) is 3.64. The van der Waals surface area contributed by atoms with Gasteiger partial charge in [-0.2, -0.15) is 0 Å². The molecule has 6 nitrogen and oxygen atoms in total. The van der Waals surface area contributed by atoms with Gasteiger partial charge in [-0.1, -0.05) is 17.7 Å². The van der Waals surface area contributed by atoms with Crippen molar-refractivity contribution >= 4 is 33.3 Å². The molecule has 0 aliphatic rings. The molecule has 0 atom stereocenters. The van der Waals surface area contributed by atoms with Crippen LogP contribution in [0.1, 0.15) is 34.6 Å². The Bertz CT molecular complexity index is 682. The highest BCUT2D eigenvalue weighted by Gasteiger charge is 2.28. The van der Waals surface area contributed by atoms with Crippen LogP contribution in [0.3, 0.4) is 0 Å². The van der Waals surface area contributed by atoms with Crippen molar-refractivity contribution in [2.45, 2.75) is 19.4 Å². The van der Waals surface area contributed by atoms with Gasteiger partial charge in [0.05, 0.1) is 21.9 Å². The van der Waals surface area contributed by atoms with Gasteiger partial charge in [0, 0.05) is 11.8 Å². The molecule has 0 aromatic heterocycles. The lowest BCUT2D eigenvalue weighted by Crippen LogP contribution is -2.48. The third kappa shape index (κ3) is 5.02. The Balaban J connectivity index is 3.14. The summed E-state index contributed by atoms with van der Waals surface area (Å²) in [5, 5.41) is 11.6. The third-order valence-corrected chi connectivity index (χ3v) is 4.11. The molecule has 1 amide bonds. The lowest BCUT2D eigenvalue weighted by atomic mass is 10.0. The molecule has 8 heteroatoms. The van der Waals surface area contributed by atoms with Crippen LogP contribution < -0.4 is 5.32 Å². The van der Waals surface area contributed by atoms with Gasteiger partial charge in [-0.15, -0.1) is 0 Å². The number of nitrogens with one attached hydrogen (secondary N) is 1. The summed E-state index contributed by atoms with van der Waals surface area (Å²) in [6.45, 7) is 3.06. The normalized spacial score (nSPS) is 12.0. The van der Waals surface area contributed by atoms with E-state index in [1.165, 1.54) is 32.0 Å². The van der Waals surface area contributed by atoms with Crippen LogP contribution in [0.15, 0.2) is 18.2 Å². The number of hydrogen-bond donors (Lipinski definition) is 2. The van der Waals surface area contributed by atoms with Gasteiger partial charge in [0.1, 0.15) is 9.84 Å². The number of benzene rings is 1. The number of carbonyl (C=O) groups is 2. The number of rotatable bonds is 5. The minimum Gasteiger partial charge on any atom is -0.478 e. The van der Waals surface area contributed by atoms with E-state index in [-0.39, 0.29) is 21.9 Å². The standard InChI is InChI=1S/C13H16ClNO5S/c1-13(2,7-21(3,19)20)15-11(16)10-8(12(17)18)5-4-6-9(10)14/h4-6H,7H2,1-3H3,(H,15,16)(H,17,18). The van der Waals surface area contributed by atoms with Crippen LogP contribution in [0.4, 0.5) is 0 Å². The van der Waals surface area contributed by atoms with Gasteiger partial charge in [0.2, 0.25) is 0 Å². The Morgan fingerprint density at radius 2 is 1.90 bits per heavy atom. The molecule has 1 aromatic carbocycles. The number of carboxylic acids is 1. The summed E-state index contributed by atoms with van der Waals surface area (Å²) in [5.74, 6) is -2.30. The molecule has 1 aromatic rings. The minimum atomic E-state index is -3.31. The van der Waals surface area contributed by atoms with Crippen LogP contribution >= 0.6 is 11.6 Å². The Kier molecular flexibility index (Phi) is 5.01. The monoisotopic (exact) mass is 333 g/mol. The van der Waals surface area contributed by atoms with Crippen LogP contribution in [0, 0.1) is 0 Å². The van der Waals surface area contributed by atoms with Crippen LogP contribution in [-0.2, 0) is 9.84 Å². The summed E-state index contributed by atoms with van der Waals surface area (Å²) in [6.07, 6.45) is 1.05. The van der Waals surface area contributed by atoms with Gasteiger partial charge in [0.15, 0.2) is 0 Å². The highest BCUT2D eigenvalue weighted by atomic mass is 35.5. The number of hydrogen-bond acceptors (Lipinski definition) is 4. The van der Waals surface area contributed by atoms with Crippen LogP contribution in [0.5, 0.6) is 0 Å². The second-order valence-electron chi connectivity index (χ2n) is 5.38. The van der Waals surface area contributed by atoms with Crippen molar-refractivity contribution in [3.63, 3.8) is 0 Å². The quantitative estimate of drug-likeness (QED) is 0.852. The van der Waals surface area contributed by atoms with Crippen molar-refractivity contribution in [3.05, 3.63) is 34.3 Å². The molecule has 0 heterocycles. The molecular formula is C13H16ClNO5S. The maximum atomic E-state index is 12.2. The first-order valence-electron chi connectivity index (χ1n) is 5.95. The Morgan fingerprint density at radius 1 is 1.33 bits per heavy atom. The maximum absolute atomic E-state index is 12.2. The minimum absolute atomic E-state index is 0.0115. The molecule has 116 valence electrons. The van der Waals surface area contributed by atoms with Gasteiger partial charge in [0.25, 0.3) is 5.91 Å². The van der Waals surface area contributed by atoms with E-state index in [9.17, 15) is 18.0 Å². The summed E-state index contributed by atoms with van der Waals surface area (Å²) in [7, 11) is -3.31. The van der Waals surface area contributed by atoms with Gasteiger partial charge in [-0.05, 0) is 26.0 Å². The molecule has 0 aliphatic carbocycles. The molecule has 0 fully saturated rings. The van der Waals surface area contributed by atoms with Crippen molar-refractivity contribution in [1.29, 1.82) is 0 Å². The molecule has 0 aliphatic heterocycles. The smallest absolute Gasteiger partial charge is 0.336 e. The summed E-state index contributed by atoms with van der Waals surface area (Å²) in [5.41, 5.74) is -1.48. The van der Waals surface area contributed by atoms with Crippen molar-refractivity contribution in [1.82, 2.24) is 5.32 Å². The summed E-state index contributed by atoms with van der Waals surface area (Å²) in [6, 6.07) is 4.07. The molecule has 0 saturated heterocycles. The highest BCUT2D eigenvalue weighted by molar-refractivity contribution is 7.90. The van der Waals surface area contributed by atoms with E-state index in [0.717, 1.165) is 6.26 Å². The molecule has 0 saturated carbocycles. The molecule has 0 bridgehead atoms. The zero-order valence-electron chi connectivity index (χ0n) is 11.8. The number of carboxylic acid groups (broad SMARTS) is 1. The van der Waals surface area contributed by atoms with E-state index in [1.54, 1.807) is 0 Å². The lowest BCUT2D eigenvalue weighted by Gasteiger charge is -2.25. The first kappa shape index (κ1) is 17.5. The first-order valence-corrected chi connectivity index (χ1v) is 8.39. The predicted octanol–water partition coefficient (Wildman–Crippen LogP) is 1.59. The highest BCUT2D eigenvalue weighted by Crippen LogP contribution is 2.21. The molecule has 21 heavy (non-hydrogen) atoms.